The summed E-state index contributed by atoms with van der Waals surface area (Å²) < 4.78 is 10.4. The van der Waals surface area contributed by atoms with Gasteiger partial charge in [-0.05, 0) is 42.0 Å². The SMILES string of the molecule is COc1ccc(C[C@@H](NC(=O)OCc2ccccc2)[C@H](O)C(=O)N[C@@H](CC(C)C)C(=O)O)cc1. The van der Waals surface area contributed by atoms with Crippen molar-refractivity contribution in [3.8, 4) is 5.75 Å². The molecule has 0 saturated heterocycles. The summed E-state index contributed by atoms with van der Waals surface area (Å²) in [6.45, 7) is 3.67. The van der Waals surface area contributed by atoms with Gasteiger partial charge in [0.1, 0.15) is 18.4 Å². The molecule has 0 saturated carbocycles. The van der Waals surface area contributed by atoms with Gasteiger partial charge in [-0.15, -0.1) is 0 Å². The highest BCUT2D eigenvalue weighted by molar-refractivity contribution is 5.87. The molecule has 0 aliphatic carbocycles. The number of carboxylic acids is 1. The fourth-order valence-electron chi connectivity index (χ4n) is 3.31. The van der Waals surface area contributed by atoms with Gasteiger partial charge in [-0.1, -0.05) is 56.3 Å². The number of hydrogen-bond acceptors (Lipinski definition) is 6. The Bertz CT molecular complexity index is 932. The van der Waals surface area contributed by atoms with E-state index in [1.54, 1.807) is 36.4 Å². The van der Waals surface area contributed by atoms with Crippen LogP contribution in [-0.4, -0.2) is 53.5 Å². The van der Waals surface area contributed by atoms with E-state index >= 15 is 0 Å². The molecule has 0 fully saturated rings. The first kappa shape index (κ1) is 26.7. The maximum Gasteiger partial charge on any atom is 0.407 e. The number of alkyl carbamates (subject to hydrolysis) is 1. The van der Waals surface area contributed by atoms with Crippen LogP contribution in [0, 0.1) is 5.92 Å². The monoisotopic (exact) mass is 472 g/mol. The largest absolute Gasteiger partial charge is 0.497 e. The van der Waals surface area contributed by atoms with Crippen molar-refractivity contribution in [3.05, 3.63) is 65.7 Å². The maximum atomic E-state index is 12.7. The first-order chi connectivity index (χ1) is 16.2. The van der Waals surface area contributed by atoms with Gasteiger partial charge >= 0.3 is 12.1 Å². The summed E-state index contributed by atoms with van der Waals surface area (Å²) in [6, 6.07) is 13.8. The third-order valence-corrected chi connectivity index (χ3v) is 5.10. The molecule has 3 atom stereocenters. The van der Waals surface area contributed by atoms with Crippen LogP contribution in [0.3, 0.4) is 0 Å². The number of carbonyl (C=O) groups excluding carboxylic acids is 2. The van der Waals surface area contributed by atoms with Gasteiger partial charge in [-0.25, -0.2) is 9.59 Å². The summed E-state index contributed by atoms with van der Waals surface area (Å²) in [4.78, 5) is 36.6. The Hall–Kier alpha value is -3.59. The number of aliphatic hydroxyl groups is 1. The van der Waals surface area contributed by atoms with Crippen molar-refractivity contribution in [1.29, 1.82) is 0 Å². The van der Waals surface area contributed by atoms with Crippen LogP contribution in [0.15, 0.2) is 54.6 Å². The van der Waals surface area contributed by atoms with E-state index in [0.717, 1.165) is 11.1 Å². The lowest BCUT2D eigenvalue weighted by atomic mass is 9.99. The smallest absolute Gasteiger partial charge is 0.407 e. The molecule has 0 bridgehead atoms. The van der Waals surface area contributed by atoms with Crippen molar-refractivity contribution < 1.29 is 34.1 Å². The number of nitrogens with one attached hydrogen (secondary N) is 2. The van der Waals surface area contributed by atoms with Gasteiger partial charge in [0.2, 0.25) is 0 Å². The van der Waals surface area contributed by atoms with Crippen molar-refractivity contribution in [2.75, 3.05) is 7.11 Å². The van der Waals surface area contributed by atoms with Crippen LogP contribution in [0.25, 0.3) is 0 Å². The molecule has 9 heteroatoms. The second-order valence-electron chi connectivity index (χ2n) is 8.34. The fraction of sp³-hybridized carbons (Fsp3) is 0.400. The second kappa shape index (κ2) is 13.2. The van der Waals surface area contributed by atoms with Gasteiger partial charge in [0.05, 0.1) is 13.2 Å². The summed E-state index contributed by atoms with van der Waals surface area (Å²) in [6.07, 6.45) is -2.23. The number of carbonyl (C=O) groups is 3. The highest BCUT2D eigenvalue weighted by Gasteiger charge is 2.31. The van der Waals surface area contributed by atoms with E-state index in [1.165, 1.54) is 7.11 Å². The van der Waals surface area contributed by atoms with Gasteiger partial charge in [-0.3, -0.25) is 4.79 Å². The van der Waals surface area contributed by atoms with Crippen LogP contribution >= 0.6 is 0 Å². The molecule has 2 aromatic carbocycles. The van der Waals surface area contributed by atoms with E-state index in [0.29, 0.717) is 5.75 Å². The molecular formula is C25H32N2O7. The van der Waals surface area contributed by atoms with Crippen molar-refractivity contribution in [2.45, 2.75) is 51.5 Å². The quantitative estimate of drug-likeness (QED) is 0.373. The number of benzene rings is 2. The lowest BCUT2D eigenvalue weighted by molar-refractivity contribution is -0.144. The minimum atomic E-state index is -1.71. The molecule has 0 spiro atoms. The summed E-state index contributed by atoms with van der Waals surface area (Å²) in [5.74, 6) is -1.45. The van der Waals surface area contributed by atoms with Crippen molar-refractivity contribution >= 4 is 18.0 Å². The Morgan fingerprint density at radius 2 is 1.59 bits per heavy atom. The summed E-state index contributed by atoms with van der Waals surface area (Å²) in [5.41, 5.74) is 1.50. The summed E-state index contributed by atoms with van der Waals surface area (Å²) in [7, 11) is 1.53. The summed E-state index contributed by atoms with van der Waals surface area (Å²) >= 11 is 0. The van der Waals surface area contributed by atoms with Crippen LogP contribution in [0.1, 0.15) is 31.4 Å². The molecule has 2 aromatic rings. The standard InChI is InChI=1S/C25H32N2O7/c1-16(2)13-21(24(30)31)26-23(29)22(28)20(14-17-9-11-19(33-3)12-10-17)27-25(32)34-15-18-7-5-4-6-8-18/h4-12,16,20-22,28H,13-15H2,1-3H3,(H,26,29)(H,27,32)(H,30,31)/t20-,21+,22+/m1/s1. The molecule has 184 valence electrons. The first-order valence-corrected chi connectivity index (χ1v) is 11.0. The molecule has 0 heterocycles. The van der Waals surface area contributed by atoms with E-state index in [2.05, 4.69) is 10.6 Å². The molecule has 0 aliphatic heterocycles. The normalized spacial score (nSPS) is 13.4. The Labute approximate surface area is 199 Å². The Kier molecular flexibility index (Phi) is 10.3. The molecular weight excluding hydrogens is 440 g/mol. The van der Waals surface area contributed by atoms with E-state index in [-0.39, 0.29) is 25.4 Å². The average Bonchev–Trinajstić information content (AvgIpc) is 2.82. The number of methoxy groups -OCH3 is 1. The van der Waals surface area contributed by atoms with Crippen LogP contribution < -0.4 is 15.4 Å². The molecule has 0 aliphatic rings. The Morgan fingerprint density at radius 3 is 2.15 bits per heavy atom. The fourth-order valence-corrected chi connectivity index (χ4v) is 3.31. The molecule has 4 N–H and O–H groups in total. The number of amides is 2. The number of rotatable bonds is 12. The predicted octanol–water partition coefficient (Wildman–Crippen LogP) is 2.51. The van der Waals surface area contributed by atoms with Crippen LogP contribution in [0.2, 0.25) is 0 Å². The second-order valence-corrected chi connectivity index (χ2v) is 8.34. The molecule has 2 amide bonds. The molecule has 0 unspecified atom stereocenters. The highest BCUT2D eigenvalue weighted by atomic mass is 16.5. The van der Waals surface area contributed by atoms with Gasteiger partial charge < -0.3 is 30.3 Å². The Morgan fingerprint density at radius 1 is 0.941 bits per heavy atom. The molecule has 34 heavy (non-hydrogen) atoms. The zero-order chi connectivity index (χ0) is 25.1. The molecule has 0 aromatic heterocycles. The van der Waals surface area contributed by atoms with Crippen molar-refractivity contribution in [2.24, 2.45) is 5.92 Å². The number of hydrogen-bond donors (Lipinski definition) is 4. The van der Waals surface area contributed by atoms with Crippen LogP contribution in [0.4, 0.5) is 4.79 Å². The van der Waals surface area contributed by atoms with Gasteiger partial charge in [0.25, 0.3) is 5.91 Å². The van der Waals surface area contributed by atoms with E-state index < -0.39 is 36.2 Å². The third-order valence-electron chi connectivity index (χ3n) is 5.10. The lowest BCUT2D eigenvalue weighted by Crippen LogP contribution is -2.54. The molecule has 0 radical (unpaired) electrons. The number of carboxylic acid groups (broad SMARTS) is 1. The zero-order valence-electron chi connectivity index (χ0n) is 19.6. The minimum Gasteiger partial charge on any atom is -0.497 e. The topological polar surface area (TPSA) is 134 Å². The van der Waals surface area contributed by atoms with Gasteiger partial charge in [0.15, 0.2) is 6.10 Å². The Balaban J connectivity index is 2.12. The molecule has 2 rings (SSSR count). The summed E-state index contributed by atoms with van der Waals surface area (Å²) in [5, 5.41) is 25.0. The van der Waals surface area contributed by atoms with Gasteiger partial charge in [-0.2, -0.15) is 0 Å². The van der Waals surface area contributed by atoms with E-state index in [1.807, 2.05) is 32.0 Å². The number of ether oxygens (including phenoxy) is 2. The lowest BCUT2D eigenvalue weighted by Gasteiger charge is -2.25. The van der Waals surface area contributed by atoms with Crippen molar-refractivity contribution in [1.82, 2.24) is 10.6 Å². The van der Waals surface area contributed by atoms with E-state index in [4.69, 9.17) is 9.47 Å². The zero-order valence-corrected chi connectivity index (χ0v) is 19.6. The minimum absolute atomic E-state index is 0.0136. The van der Waals surface area contributed by atoms with E-state index in [9.17, 15) is 24.6 Å². The first-order valence-electron chi connectivity index (χ1n) is 11.0. The molecule has 9 nitrogen and oxygen atoms in total. The van der Waals surface area contributed by atoms with Crippen molar-refractivity contribution in [3.63, 3.8) is 0 Å². The predicted molar refractivity (Wildman–Crippen MR) is 125 cm³/mol. The van der Waals surface area contributed by atoms with Crippen LogP contribution in [-0.2, 0) is 27.4 Å². The highest BCUT2D eigenvalue weighted by Crippen LogP contribution is 2.15. The van der Waals surface area contributed by atoms with Gasteiger partial charge in [0, 0.05) is 0 Å². The number of aliphatic carboxylic acids is 1. The average molecular weight is 473 g/mol. The maximum absolute atomic E-state index is 12.7. The third kappa shape index (κ3) is 8.74. The number of aliphatic hydroxyl groups excluding tert-OH is 1. The van der Waals surface area contributed by atoms with Crippen LogP contribution in [0.5, 0.6) is 5.75 Å².